The van der Waals surface area contributed by atoms with E-state index >= 15 is 0 Å². The SMILES string of the molecule is CC[C@H](C)N(C(=O)c1csnn1)[C@H](C(=O)NC1CCCC1)c1c(F)cccc1Cl. The standard InChI is InChI=1S/C20H24ClFN4O2S/c1-3-12(2)26(20(28)16-11-29-25-24-16)18(17-14(21)9-6-10-15(17)22)19(27)23-13-7-4-5-8-13/h6,9-13,18H,3-5,7-8H2,1-2H3,(H,23,27)/t12-,18-/m0/s1. The van der Waals surface area contributed by atoms with Gasteiger partial charge in [0.25, 0.3) is 5.91 Å². The molecule has 3 rings (SSSR count). The van der Waals surface area contributed by atoms with Crippen LogP contribution in [0.25, 0.3) is 0 Å². The molecule has 2 atom stereocenters. The predicted octanol–water partition coefficient (Wildman–Crippen LogP) is 4.37. The molecule has 29 heavy (non-hydrogen) atoms. The third-order valence-corrected chi connectivity index (χ3v) is 6.21. The summed E-state index contributed by atoms with van der Waals surface area (Å²) >= 11 is 7.37. The summed E-state index contributed by atoms with van der Waals surface area (Å²) in [5.41, 5.74) is 0.128. The van der Waals surface area contributed by atoms with Crippen molar-refractivity contribution < 1.29 is 14.0 Å². The summed E-state index contributed by atoms with van der Waals surface area (Å²) in [5, 5.41) is 8.48. The summed E-state index contributed by atoms with van der Waals surface area (Å²) in [5.74, 6) is -1.53. The molecule has 0 bridgehead atoms. The average Bonchev–Trinajstić information content (AvgIpc) is 3.40. The molecule has 1 heterocycles. The quantitative estimate of drug-likeness (QED) is 0.696. The highest BCUT2D eigenvalue weighted by atomic mass is 35.5. The summed E-state index contributed by atoms with van der Waals surface area (Å²) in [6.45, 7) is 3.72. The first-order chi connectivity index (χ1) is 13.9. The zero-order valence-corrected chi connectivity index (χ0v) is 18.0. The normalized spacial score (nSPS) is 16.4. The van der Waals surface area contributed by atoms with E-state index in [1.54, 1.807) is 0 Å². The second-order valence-electron chi connectivity index (χ2n) is 7.29. The van der Waals surface area contributed by atoms with Gasteiger partial charge in [-0.3, -0.25) is 9.59 Å². The van der Waals surface area contributed by atoms with Gasteiger partial charge in [0.2, 0.25) is 5.91 Å². The monoisotopic (exact) mass is 438 g/mol. The Kier molecular flexibility index (Phi) is 7.18. The molecule has 2 aromatic rings. The van der Waals surface area contributed by atoms with Gasteiger partial charge in [-0.05, 0) is 49.9 Å². The average molecular weight is 439 g/mol. The number of rotatable bonds is 7. The van der Waals surface area contributed by atoms with E-state index < -0.39 is 23.7 Å². The third-order valence-electron chi connectivity index (χ3n) is 5.38. The highest BCUT2D eigenvalue weighted by molar-refractivity contribution is 7.03. The number of carbonyl (C=O) groups is 2. The largest absolute Gasteiger partial charge is 0.351 e. The van der Waals surface area contributed by atoms with Crippen LogP contribution >= 0.6 is 23.1 Å². The number of carbonyl (C=O) groups excluding carboxylic acids is 2. The number of hydrogen-bond donors (Lipinski definition) is 1. The van der Waals surface area contributed by atoms with Crippen LogP contribution in [0.5, 0.6) is 0 Å². The third kappa shape index (κ3) is 4.75. The molecule has 0 radical (unpaired) electrons. The van der Waals surface area contributed by atoms with Gasteiger partial charge < -0.3 is 10.2 Å². The number of amides is 2. The Hall–Kier alpha value is -2.06. The Bertz CT molecular complexity index is 838. The Morgan fingerprint density at radius 2 is 2.10 bits per heavy atom. The maximum atomic E-state index is 14.9. The fraction of sp³-hybridized carbons (Fsp3) is 0.500. The van der Waals surface area contributed by atoms with E-state index in [9.17, 15) is 14.0 Å². The van der Waals surface area contributed by atoms with Crippen molar-refractivity contribution in [1.82, 2.24) is 19.8 Å². The van der Waals surface area contributed by atoms with Crippen LogP contribution in [0.2, 0.25) is 5.02 Å². The van der Waals surface area contributed by atoms with E-state index in [0.29, 0.717) is 6.42 Å². The van der Waals surface area contributed by atoms with Crippen molar-refractivity contribution in [3.05, 3.63) is 45.7 Å². The lowest BCUT2D eigenvalue weighted by Crippen LogP contribution is -2.49. The molecule has 1 aromatic carbocycles. The first kappa shape index (κ1) is 21.6. The molecule has 1 fully saturated rings. The van der Waals surface area contributed by atoms with Crippen molar-refractivity contribution in [2.75, 3.05) is 0 Å². The second-order valence-corrected chi connectivity index (χ2v) is 8.30. The number of benzene rings is 1. The van der Waals surface area contributed by atoms with Crippen LogP contribution in [0, 0.1) is 5.82 Å². The number of halogens is 2. The summed E-state index contributed by atoms with van der Waals surface area (Å²) in [6.07, 6.45) is 4.39. The van der Waals surface area contributed by atoms with Gasteiger partial charge in [-0.25, -0.2) is 4.39 Å². The molecular formula is C20H24ClFN4O2S. The first-order valence-electron chi connectivity index (χ1n) is 9.78. The second kappa shape index (κ2) is 9.63. The molecule has 0 saturated heterocycles. The zero-order valence-electron chi connectivity index (χ0n) is 16.4. The number of nitrogens with zero attached hydrogens (tertiary/aromatic N) is 3. The molecule has 0 aliphatic heterocycles. The van der Waals surface area contributed by atoms with E-state index in [1.807, 2.05) is 13.8 Å². The molecule has 1 aliphatic rings. The molecule has 0 unspecified atom stereocenters. The van der Waals surface area contributed by atoms with E-state index in [2.05, 4.69) is 14.9 Å². The molecule has 156 valence electrons. The molecule has 9 heteroatoms. The summed E-state index contributed by atoms with van der Waals surface area (Å²) < 4.78 is 18.6. The van der Waals surface area contributed by atoms with Crippen LogP contribution in [-0.4, -0.2) is 38.4 Å². The molecule has 0 spiro atoms. The highest BCUT2D eigenvalue weighted by Gasteiger charge is 2.39. The van der Waals surface area contributed by atoms with Crippen molar-refractivity contribution in [3.8, 4) is 0 Å². The predicted molar refractivity (Wildman–Crippen MR) is 110 cm³/mol. The van der Waals surface area contributed by atoms with E-state index in [0.717, 1.165) is 37.2 Å². The van der Waals surface area contributed by atoms with Gasteiger partial charge in [0.15, 0.2) is 5.69 Å². The van der Waals surface area contributed by atoms with Crippen LogP contribution in [0.1, 0.15) is 68.0 Å². The topological polar surface area (TPSA) is 75.2 Å². The van der Waals surface area contributed by atoms with Crippen LogP contribution in [0.4, 0.5) is 4.39 Å². The van der Waals surface area contributed by atoms with E-state index in [1.165, 1.54) is 28.5 Å². The van der Waals surface area contributed by atoms with Crippen molar-refractivity contribution in [1.29, 1.82) is 0 Å². The molecule has 1 aromatic heterocycles. The minimum atomic E-state index is -1.20. The minimum Gasteiger partial charge on any atom is -0.351 e. The number of aromatic nitrogens is 2. The Balaban J connectivity index is 2.07. The zero-order chi connectivity index (χ0) is 21.0. The number of nitrogens with one attached hydrogen (secondary N) is 1. The lowest BCUT2D eigenvalue weighted by Gasteiger charge is -2.36. The maximum absolute atomic E-state index is 14.9. The van der Waals surface area contributed by atoms with Crippen molar-refractivity contribution in [2.24, 2.45) is 0 Å². The van der Waals surface area contributed by atoms with Crippen LogP contribution in [0.3, 0.4) is 0 Å². The summed E-state index contributed by atoms with van der Waals surface area (Å²) in [6, 6.07) is 2.73. The Morgan fingerprint density at radius 1 is 1.38 bits per heavy atom. The Morgan fingerprint density at radius 3 is 2.69 bits per heavy atom. The lowest BCUT2D eigenvalue weighted by molar-refractivity contribution is -0.127. The van der Waals surface area contributed by atoms with Crippen LogP contribution < -0.4 is 5.32 Å². The van der Waals surface area contributed by atoms with Crippen molar-refractivity contribution in [2.45, 2.75) is 64.1 Å². The van der Waals surface area contributed by atoms with Gasteiger partial charge in [0, 0.05) is 28.0 Å². The molecule has 6 nitrogen and oxygen atoms in total. The van der Waals surface area contributed by atoms with Crippen LogP contribution in [-0.2, 0) is 4.79 Å². The fourth-order valence-electron chi connectivity index (χ4n) is 3.68. The van der Waals surface area contributed by atoms with Gasteiger partial charge in [0.1, 0.15) is 11.9 Å². The lowest BCUT2D eigenvalue weighted by atomic mass is 9.99. The van der Waals surface area contributed by atoms with Gasteiger partial charge in [0.05, 0.1) is 0 Å². The fourth-order valence-corrected chi connectivity index (χ4v) is 4.37. The Labute approximate surface area is 178 Å². The first-order valence-corrected chi connectivity index (χ1v) is 11.0. The van der Waals surface area contributed by atoms with Crippen LogP contribution in [0.15, 0.2) is 23.6 Å². The summed E-state index contributed by atoms with van der Waals surface area (Å²) in [7, 11) is 0. The van der Waals surface area contributed by atoms with Gasteiger partial charge in [-0.15, -0.1) is 5.10 Å². The number of hydrogen-bond acceptors (Lipinski definition) is 5. The molecule has 1 saturated carbocycles. The smallest absolute Gasteiger partial charge is 0.276 e. The highest BCUT2D eigenvalue weighted by Crippen LogP contribution is 2.34. The molecular weight excluding hydrogens is 415 g/mol. The van der Waals surface area contributed by atoms with Gasteiger partial charge in [-0.1, -0.05) is 41.9 Å². The summed E-state index contributed by atoms with van der Waals surface area (Å²) in [4.78, 5) is 28.0. The van der Waals surface area contributed by atoms with Gasteiger partial charge in [-0.2, -0.15) is 0 Å². The van der Waals surface area contributed by atoms with Gasteiger partial charge >= 0.3 is 0 Å². The van der Waals surface area contributed by atoms with Crippen molar-refractivity contribution >= 4 is 34.9 Å². The molecule has 1 N–H and O–H groups in total. The van der Waals surface area contributed by atoms with Crippen molar-refractivity contribution in [3.63, 3.8) is 0 Å². The maximum Gasteiger partial charge on any atom is 0.276 e. The van der Waals surface area contributed by atoms with E-state index in [-0.39, 0.29) is 28.4 Å². The minimum absolute atomic E-state index is 0.00139. The molecule has 1 aliphatic carbocycles. The molecule has 2 amide bonds. The van der Waals surface area contributed by atoms with E-state index in [4.69, 9.17) is 11.6 Å².